The van der Waals surface area contributed by atoms with Crippen molar-refractivity contribution in [2.24, 2.45) is 0 Å². The minimum atomic E-state index is -0.375. The zero-order valence-electron chi connectivity index (χ0n) is 17.6. The third kappa shape index (κ3) is 7.59. The van der Waals surface area contributed by atoms with Crippen molar-refractivity contribution in [2.45, 2.75) is 25.0 Å². The molecule has 3 aromatic rings. The molecule has 1 heterocycles. The van der Waals surface area contributed by atoms with Gasteiger partial charge in [-0.3, -0.25) is 14.4 Å². The molecule has 2 amide bonds. The number of carbonyl (C=O) groups excluding carboxylic acids is 2. The van der Waals surface area contributed by atoms with Gasteiger partial charge in [-0.2, -0.15) is 0 Å². The lowest BCUT2D eigenvalue weighted by Crippen LogP contribution is -2.26. The maximum atomic E-state index is 12.2. The summed E-state index contributed by atoms with van der Waals surface area (Å²) in [5, 5.41) is 5.86. The molecule has 0 fully saturated rings. The van der Waals surface area contributed by atoms with Gasteiger partial charge in [-0.25, -0.2) is 4.98 Å². The van der Waals surface area contributed by atoms with E-state index in [9.17, 15) is 14.4 Å². The van der Waals surface area contributed by atoms with Crippen molar-refractivity contribution in [1.29, 1.82) is 0 Å². The monoisotopic (exact) mass is 452 g/mol. The second kappa shape index (κ2) is 11.7. The average Bonchev–Trinajstić information content (AvgIpc) is 2.78. The minimum Gasteiger partial charge on any atom is -0.494 e. The van der Waals surface area contributed by atoms with Gasteiger partial charge in [-0.15, -0.1) is 0 Å². The summed E-state index contributed by atoms with van der Waals surface area (Å²) in [6, 6.07) is 17.9. The highest BCUT2D eigenvalue weighted by Crippen LogP contribution is 2.17. The molecular formula is C23H24N4O4S. The lowest BCUT2D eigenvalue weighted by atomic mass is 10.2. The summed E-state index contributed by atoms with van der Waals surface area (Å²) in [7, 11) is 0. The number of nitrogens with zero attached hydrogens (tertiary/aromatic N) is 1. The fourth-order valence-electron chi connectivity index (χ4n) is 2.80. The Hall–Kier alpha value is -3.59. The van der Waals surface area contributed by atoms with Gasteiger partial charge in [0.1, 0.15) is 5.75 Å². The fourth-order valence-corrected chi connectivity index (χ4v) is 3.49. The molecule has 0 atom stereocenters. The molecule has 1 aromatic heterocycles. The SMILES string of the molecule is CCOc1ccc(NC(=O)CSc2nc(CC(=O)NCc3ccccc3)cc(=O)[nH]2)cc1. The van der Waals surface area contributed by atoms with Gasteiger partial charge in [0, 0.05) is 18.3 Å². The predicted octanol–water partition coefficient (Wildman–Crippen LogP) is 2.76. The van der Waals surface area contributed by atoms with E-state index in [-0.39, 0.29) is 34.7 Å². The maximum Gasteiger partial charge on any atom is 0.251 e. The van der Waals surface area contributed by atoms with Crippen molar-refractivity contribution in [3.8, 4) is 5.75 Å². The number of carbonyl (C=O) groups is 2. The van der Waals surface area contributed by atoms with Crippen molar-refractivity contribution in [3.63, 3.8) is 0 Å². The number of benzene rings is 2. The van der Waals surface area contributed by atoms with E-state index in [2.05, 4.69) is 20.6 Å². The number of amides is 2. The van der Waals surface area contributed by atoms with Gasteiger partial charge in [0.15, 0.2) is 5.16 Å². The summed E-state index contributed by atoms with van der Waals surface area (Å²) in [5.41, 5.74) is 1.59. The summed E-state index contributed by atoms with van der Waals surface area (Å²) in [5.74, 6) is 0.301. The number of thioether (sulfide) groups is 1. The maximum absolute atomic E-state index is 12.2. The van der Waals surface area contributed by atoms with E-state index in [1.165, 1.54) is 6.07 Å². The van der Waals surface area contributed by atoms with Gasteiger partial charge in [0.05, 0.1) is 24.5 Å². The molecule has 0 radical (unpaired) electrons. The standard InChI is InChI=1S/C23H24N4O4S/c1-2-31-19-10-8-17(9-11-19)25-22(30)15-32-23-26-18(13-21(29)27-23)12-20(28)24-14-16-6-4-3-5-7-16/h3-11,13H,2,12,14-15H2,1H3,(H,24,28)(H,25,30)(H,26,27,29). The molecule has 0 spiro atoms. The zero-order chi connectivity index (χ0) is 22.8. The number of H-pyrrole nitrogens is 1. The first-order valence-electron chi connectivity index (χ1n) is 10.1. The van der Waals surface area contributed by atoms with Crippen molar-refractivity contribution in [1.82, 2.24) is 15.3 Å². The van der Waals surface area contributed by atoms with E-state index in [0.29, 0.717) is 24.5 Å². The number of hydrogen-bond donors (Lipinski definition) is 3. The molecule has 2 aromatic carbocycles. The Morgan fingerprint density at radius 3 is 2.53 bits per heavy atom. The molecule has 166 valence electrons. The minimum absolute atomic E-state index is 0.0251. The quantitative estimate of drug-likeness (QED) is 0.322. The lowest BCUT2D eigenvalue weighted by molar-refractivity contribution is -0.120. The van der Waals surface area contributed by atoms with E-state index in [0.717, 1.165) is 23.1 Å². The number of anilines is 1. The molecule has 32 heavy (non-hydrogen) atoms. The van der Waals surface area contributed by atoms with Crippen molar-refractivity contribution in [3.05, 3.63) is 82.3 Å². The highest BCUT2D eigenvalue weighted by atomic mass is 32.2. The molecular weight excluding hydrogens is 428 g/mol. The largest absolute Gasteiger partial charge is 0.494 e. The van der Waals surface area contributed by atoms with E-state index in [1.807, 2.05) is 37.3 Å². The van der Waals surface area contributed by atoms with Crippen molar-refractivity contribution < 1.29 is 14.3 Å². The summed E-state index contributed by atoms with van der Waals surface area (Å²) < 4.78 is 5.37. The van der Waals surface area contributed by atoms with Gasteiger partial charge in [0.25, 0.3) is 5.56 Å². The highest BCUT2D eigenvalue weighted by molar-refractivity contribution is 7.99. The lowest BCUT2D eigenvalue weighted by Gasteiger charge is -2.08. The second-order valence-corrected chi connectivity index (χ2v) is 7.74. The number of rotatable bonds is 10. The third-order valence-corrected chi connectivity index (χ3v) is 5.11. The van der Waals surface area contributed by atoms with E-state index in [1.54, 1.807) is 24.3 Å². The summed E-state index contributed by atoms with van der Waals surface area (Å²) in [6.45, 7) is 2.87. The number of aromatic nitrogens is 2. The van der Waals surface area contributed by atoms with Crippen LogP contribution in [0.4, 0.5) is 5.69 Å². The van der Waals surface area contributed by atoms with Crippen LogP contribution in [0.2, 0.25) is 0 Å². The van der Waals surface area contributed by atoms with Gasteiger partial charge in [0.2, 0.25) is 11.8 Å². The van der Waals surface area contributed by atoms with Crippen molar-refractivity contribution in [2.75, 3.05) is 17.7 Å². The highest BCUT2D eigenvalue weighted by Gasteiger charge is 2.10. The van der Waals surface area contributed by atoms with E-state index in [4.69, 9.17) is 4.74 Å². The smallest absolute Gasteiger partial charge is 0.251 e. The Labute approximate surface area is 189 Å². The van der Waals surface area contributed by atoms with Crippen LogP contribution in [-0.2, 0) is 22.6 Å². The van der Waals surface area contributed by atoms with Gasteiger partial charge < -0.3 is 20.4 Å². The Morgan fingerprint density at radius 2 is 1.81 bits per heavy atom. The summed E-state index contributed by atoms with van der Waals surface area (Å²) in [6.07, 6.45) is -0.0251. The molecule has 0 unspecified atom stereocenters. The Kier molecular flexibility index (Phi) is 8.44. The summed E-state index contributed by atoms with van der Waals surface area (Å²) >= 11 is 1.09. The first-order valence-corrected chi connectivity index (χ1v) is 11.1. The number of ether oxygens (including phenoxy) is 1. The molecule has 0 bridgehead atoms. The molecule has 0 aliphatic heterocycles. The van der Waals surface area contributed by atoms with Crippen LogP contribution in [0.5, 0.6) is 5.75 Å². The van der Waals surface area contributed by atoms with Crippen LogP contribution in [0, 0.1) is 0 Å². The topological polar surface area (TPSA) is 113 Å². The van der Waals surface area contributed by atoms with E-state index < -0.39 is 0 Å². The van der Waals surface area contributed by atoms with Crippen LogP contribution in [0.15, 0.2) is 70.6 Å². The zero-order valence-corrected chi connectivity index (χ0v) is 18.4. The normalized spacial score (nSPS) is 10.4. The molecule has 3 N–H and O–H groups in total. The molecule has 0 aliphatic rings. The van der Waals surface area contributed by atoms with Gasteiger partial charge >= 0.3 is 0 Å². The Balaban J connectivity index is 1.50. The van der Waals surface area contributed by atoms with Crippen LogP contribution in [-0.4, -0.2) is 34.1 Å². The second-order valence-electron chi connectivity index (χ2n) is 6.78. The Morgan fingerprint density at radius 1 is 1.06 bits per heavy atom. The fraction of sp³-hybridized carbons (Fsp3) is 0.217. The molecule has 0 aliphatic carbocycles. The predicted molar refractivity (Wildman–Crippen MR) is 124 cm³/mol. The van der Waals surface area contributed by atoms with Crippen LogP contribution in [0.25, 0.3) is 0 Å². The number of nitrogens with one attached hydrogen (secondary N) is 3. The van der Waals surface area contributed by atoms with Crippen LogP contribution >= 0.6 is 11.8 Å². The molecule has 3 rings (SSSR count). The molecule has 8 nitrogen and oxygen atoms in total. The first kappa shape index (κ1) is 23.1. The average molecular weight is 453 g/mol. The molecule has 9 heteroatoms. The third-order valence-electron chi connectivity index (χ3n) is 4.24. The van der Waals surface area contributed by atoms with Crippen LogP contribution < -0.4 is 20.9 Å². The van der Waals surface area contributed by atoms with Crippen LogP contribution in [0.1, 0.15) is 18.2 Å². The number of aromatic amines is 1. The van der Waals surface area contributed by atoms with Crippen molar-refractivity contribution >= 4 is 29.3 Å². The number of hydrogen-bond acceptors (Lipinski definition) is 6. The molecule has 0 saturated carbocycles. The summed E-state index contributed by atoms with van der Waals surface area (Å²) in [4.78, 5) is 43.2. The van der Waals surface area contributed by atoms with E-state index >= 15 is 0 Å². The van der Waals surface area contributed by atoms with Gasteiger partial charge in [-0.1, -0.05) is 42.1 Å². The van der Waals surface area contributed by atoms with Crippen LogP contribution in [0.3, 0.4) is 0 Å². The van der Waals surface area contributed by atoms with Gasteiger partial charge in [-0.05, 0) is 36.8 Å². The Bertz CT molecular complexity index is 1100. The molecule has 0 saturated heterocycles. The first-order chi connectivity index (χ1) is 15.5.